The first-order valence-corrected chi connectivity index (χ1v) is 11.3. The zero-order valence-corrected chi connectivity index (χ0v) is 16.9. The SMILES string of the molecule is CCNC(=NCC1Cc2ccccc2O1)NCCCS(=O)(=O)c1ccccc1. The highest BCUT2D eigenvalue weighted by Crippen LogP contribution is 2.28. The van der Waals surface area contributed by atoms with Crippen molar-refractivity contribution in [3.8, 4) is 5.75 Å². The summed E-state index contributed by atoms with van der Waals surface area (Å²) in [6, 6.07) is 16.6. The van der Waals surface area contributed by atoms with E-state index < -0.39 is 9.84 Å². The second-order valence-corrected chi connectivity index (χ2v) is 8.79. The summed E-state index contributed by atoms with van der Waals surface area (Å²) in [4.78, 5) is 4.96. The number of ether oxygens (including phenoxy) is 1. The maximum absolute atomic E-state index is 12.3. The first-order valence-electron chi connectivity index (χ1n) is 9.63. The van der Waals surface area contributed by atoms with Gasteiger partial charge in [-0.05, 0) is 37.1 Å². The average Bonchev–Trinajstić information content (AvgIpc) is 3.13. The summed E-state index contributed by atoms with van der Waals surface area (Å²) >= 11 is 0. The minimum absolute atomic E-state index is 0.0336. The number of nitrogens with one attached hydrogen (secondary N) is 2. The minimum atomic E-state index is -3.25. The molecule has 0 saturated heterocycles. The molecule has 0 radical (unpaired) electrons. The molecular formula is C21H27N3O3S. The van der Waals surface area contributed by atoms with Gasteiger partial charge >= 0.3 is 0 Å². The van der Waals surface area contributed by atoms with Gasteiger partial charge in [-0.2, -0.15) is 0 Å². The molecule has 1 unspecified atom stereocenters. The van der Waals surface area contributed by atoms with E-state index in [4.69, 9.17) is 4.74 Å². The van der Waals surface area contributed by atoms with Crippen LogP contribution in [0.2, 0.25) is 0 Å². The zero-order chi connectivity index (χ0) is 19.8. The molecule has 2 aromatic carbocycles. The molecule has 150 valence electrons. The Hall–Kier alpha value is -2.54. The molecule has 0 saturated carbocycles. The van der Waals surface area contributed by atoms with E-state index in [2.05, 4.69) is 21.7 Å². The third-order valence-electron chi connectivity index (χ3n) is 4.50. The number of para-hydroxylation sites is 1. The molecule has 0 bridgehead atoms. The second-order valence-electron chi connectivity index (χ2n) is 6.68. The van der Waals surface area contributed by atoms with E-state index in [0.717, 1.165) is 18.7 Å². The molecule has 0 spiro atoms. The molecule has 1 heterocycles. The minimum Gasteiger partial charge on any atom is -0.488 e. The number of nitrogens with zero attached hydrogens (tertiary/aromatic N) is 1. The zero-order valence-electron chi connectivity index (χ0n) is 16.1. The van der Waals surface area contributed by atoms with E-state index in [1.807, 2.05) is 31.2 Å². The van der Waals surface area contributed by atoms with E-state index >= 15 is 0 Å². The van der Waals surface area contributed by atoms with Crippen LogP contribution in [0.15, 0.2) is 64.5 Å². The summed E-state index contributed by atoms with van der Waals surface area (Å²) in [6.45, 7) is 3.81. The summed E-state index contributed by atoms with van der Waals surface area (Å²) < 4.78 is 30.6. The highest BCUT2D eigenvalue weighted by molar-refractivity contribution is 7.91. The van der Waals surface area contributed by atoms with Crippen LogP contribution in [0.25, 0.3) is 0 Å². The number of guanidine groups is 1. The van der Waals surface area contributed by atoms with E-state index in [1.54, 1.807) is 24.3 Å². The Morgan fingerprint density at radius 2 is 1.86 bits per heavy atom. The maximum atomic E-state index is 12.3. The fraction of sp³-hybridized carbons (Fsp3) is 0.381. The third-order valence-corrected chi connectivity index (χ3v) is 6.31. The molecule has 0 fully saturated rings. The number of rotatable bonds is 8. The Morgan fingerprint density at radius 1 is 1.11 bits per heavy atom. The fourth-order valence-electron chi connectivity index (χ4n) is 3.11. The van der Waals surface area contributed by atoms with Crippen molar-refractivity contribution < 1.29 is 13.2 Å². The van der Waals surface area contributed by atoms with Gasteiger partial charge in [0.25, 0.3) is 0 Å². The van der Waals surface area contributed by atoms with Crippen LogP contribution in [-0.2, 0) is 16.3 Å². The summed E-state index contributed by atoms with van der Waals surface area (Å²) in [6.07, 6.45) is 1.40. The van der Waals surface area contributed by atoms with Crippen LogP contribution >= 0.6 is 0 Å². The Bertz CT molecular complexity index is 873. The van der Waals surface area contributed by atoms with Gasteiger partial charge in [0.1, 0.15) is 11.9 Å². The van der Waals surface area contributed by atoms with E-state index in [0.29, 0.717) is 30.4 Å². The quantitative estimate of drug-likeness (QED) is 0.403. The average molecular weight is 402 g/mol. The predicted molar refractivity (Wildman–Crippen MR) is 112 cm³/mol. The molecule has 0 amide bonds. The molecule has 7 heteroatoms. The van der Waals surface area contributed by atoms with Crippen LogP contribution in [0.4, 0.5) is 0 Å². The van der Waals surface area contributed by atoms with Crippen molar-refractivity contribution in [2.45, 2.75) is 30.8 Å². The van der Waals surface area contributed by atoms with Crippen LogP contribution < -0.4 is 15.4 Å². The van der Waals surface area contributed by atoms with Crippen LogP contribution in [0.1, 0.15) is 18.9 Å². The van der Waals surface area contributed by atoms with Crippen LogP contribution in [-0.4, -0.2) is 45.9 Å². The van der Waals surface area contributed by atoms with Crippen molar-refractivity contribution in [2.75, 3.05) is 25.4 Å². The lowest BCUT2D eigenvalue weighted by molar-refractivity contribution is 0.241. The molecule has 0 aromatic heterocycles. The van der Waals surface area contributed by atoms with E-state index in [-0.39, 0.29) is 11.9 Å². The van der Waals surface area contributed by atoms with Gasteiger partial charge in [0.05, 0.1) is 17.2 Å². The molecule has 1 atom stereocenters. The van der Waals surface area contributed by atoms with Gasteiger partial charge in [-0.25, -0.2) is 13.4 Å². The standard InChI is InChI=1S/C21H27N3O3S/c1-2-22-21(24-16-18-15-17-9-6-7-12-20(17)27-18)23-13-8-14-28(25,26)19-10-4-3-5-11-19/h3-7,9-12,18H,2,8,13-16H2,1H3,(H2,22,23,24). The summed E-state index contributed by atoms with van der Waals surface area (Å²) in [5.41, 5.74) is 1.21. The molecule has 1 aliphatic rings. The molecule has 2 N–H and O–H groups in total. The van der Waals surface area contributed by atoms with Gasteiger partial charge in [-0.15, -0.1) is 0 Å². The Morgan fingerprint density at radius 3 is 2.61 bits per heavy atom. The smallest absolute Gasteiger partial charge is 0.191 e. The van der Waals surface area contributed by atoms with Crippen LogP contribution in [0, 0.1) is 0 Å². The summed E-state index contributed by atoms with van der Waals surface area (Å²) in [5, 5.41) is 6.40. The van der Waals surface area contributed by atoms with Gasteiger partial charge in [-0.1, -0.05) is 36.4 Å². The summed E-state index contributed by atoms with van der Waals surface area (Å²) in [7, 11) is -3.25. The predicted octanol–water partition coefficient (Wildman–Crippen LogP) is 2.41. The van der Waals surface area contributed by atoms with E-state index in [9.17, 15) is 8.42 Å². The largest absolute Gasteiger partial charge is 0.488 e. The number of fused-ring (bicyclic) bond motifs is 1. The number of hydrogen-bond donors (Lipinski definition) is 2. The molecule has 0 aliphatic carbocycles. The van der Waals surface area contributed by atoms with Crippen molar-refractivity contribution in [2.24, 2.45) is 4.99 Å². The second kappa shape index (κ2) is 9.59. The highest BCUT2D eigenvalue weighted by atomic mass is 32.2. The first-order chi connectivity index (χ1) is 13.6. The summed E-state index contributed by atoms with van der Waals surface area (Å²) in [5.74, 6) is 1.72. The lowest BCUT2D eigenvalue weighted by Crippen LogP contribution is -2.39. The maximum Gasteiger partial charge on any atom is 0.191 e. The van der Waals surface area contributed by atoms with Gasteiger partial charge in [-0.3, -0.25) is 0 Å². The van der Waals surface area contributed by atoms with Crippen LogP contribution in [0.5, 0.6) is 5.75 Å². The van der Waals surface area contributed by atoms with Crippen molar-refractivity contribution in [1.82, 2.24) is 10.6 Å². The van der Waals surface area contributed by atoms with Crippen molar-refractivity contribution >= 4 is 15.8 Å². The van der Waals surface area contributed by atoms with Crippen LogP contribution in [0.3, 0.4) is 0 Å². The lowest BCUT2D eigenvalue weighted by Gasteiger charge is -2.13. The molecule has 6 nitrogen and oxygen atoms in total. The van der Waals surface area contributed by atoms with Gasteiger partial charge in [0, 0.05) is 19.5 Å². The van der Waals surface area contributed by atoms with Crippen molar-refractivity contribution in [3.63, 3.8) is 0 Å². The van der Waals surface area contributed by atoms with E-state index in [1.165, 1.54) is 5.56 Å². The Labute approximate surface area is 167 Å². The highest BCUT2D eigenvalue weighted by Gasteiger charge is 2.22. The monoisotopic (exact) mass is 401 g/mol. The third kappa shape index (κ3) is 5.48. The van der Waals surface area contributed by atoms with Gasteiger partial charge in [0.2, 0.25) is 0 Å². The number of hydrogen-bond acceptors (Lipinski definition) is 4. The molecule has 3 rings (SSSR count). The molecule has 28 heavy (non-hydrogen) atoms. The Kier molecular flexibility index (Phi) is 6.92. The Balaban J connectivity index is 1.46. The number of aliphatic imine (C=N–C) groups is 1. The molecule has 1 aliphatic heterocycles. The van der Waals surface area contributed by atoms with Gasteiger partial charge < -0.3 is 15.4 Å². The first kappa shape index (κ1) is 20.2. The number of sulfone groups is 1. The molecular weight excluding hydrogens is 374 g/mol. The lowest BCUT2D eigenvalue weighted by atomic mass is 10.1. The normalized spacial score (nSPS) is 16.3. The van der Waals surface area contributed by atoms with Gasteiger partial charge in [0.15, 0.2) is 15.8 Å². The van der Waals surface area contributed by atoms with Crippen molar-refractivity contribution in [3.05, 3.63) is 60.2 Å². The molecule has 2 aromatic rings. The van der Waals surface area contributed by atoms with Crippen molar-refractivity contribution in [1.29, 1.82) is 0 Å². The topological polar surface area (TPSA) is 79.8 Å². The fourth-order valence-corrected chi connectivity index (χ4v) is 4.44. The number of benzene rings is 2.